The van der Waals surface area contributed by atoms with E-state index in [1.807, 2.05) is 48.5 Å². The molecule has 0 unspecified atom stereocenters. The van der Waals surface area contributed by atoms with Gasteiger partial charge in [0, 0.05) is 12.7 Å². The van der Waals surface area contributed by atoms with Gasteiger partial charge in [0.25, 0.3) is 0 Å². The Kier molecular flexibility index (Phi) is 4.15. The molecule has 1 aliphatic heterocycles. The first-order chi connectivity index (χ1) is 11.8. The molecule has 1 amide bonds. The summed E-state index contributed by atoms with van der Waals surface area (Å²) in [4.78, 5) is 16.6. The average Bonchev–Trinajstić information content (AvgIpc) is 3.24. The van der Waals surface area contributed by atoms with Gasteiger partial charge in [0.15, 0.2) is 5.13 Å². The van der Waals surface area contributed by atoms with Crippen molar-refractivity contribution in [1.29, 1.82) is 0 Å². The van der Waals surface area contributed by atoms with Crippen LogP contribution in [0.15, 0.2) is 48.5 Å². The van der Waals surface area contributed by atoms with E-state index in [0.717, 1.165) is 28.1 Å². The number of nitrogens with one attached hydrogen (secondary N) is 1. The first kappa shape index (κ1) is 15.1. The lowest BCUT2D eigenvalue weighted by atomic mass is 10.1. The highest BCUT2D eigenvalue weighted by atomic mass is 32.1. The molecule has 1 saturated heterocycles. The number of hydrogen-bond donors (Lipinski definition) is 1. The molecule has 24 heavy (non-hydrogen) atoms. The molecule has 0 radical (unpaired) electrons. The van der Waals surface area contributed by atoms with Crippen molar-refractivity contribution in [3.05, 3.63) is 48.5 Å². The monoisotopic (exact) mass is 340 g/mol. The third-order valence-electron chi connectivity index (χ3n) is 3.87. The van der Waals surface area contributed by atoms with Crippen molar-refractivity contribution < 1.29 is 14.3 Å². The van der Waals surface area contributed by atoms with Gasteiger partial charge in [0.1, 0.15) is 11.5 Å². The second-order valence-electron chi connectivity index (χ2n) is 5.61. The molecule has 2 aromatic carbocycles. The van der Waals surface area contributed by atoms with E-state index < -0.39 is 0 Å². The summed E-state index contributed by atoms with van der Waals surface area (Å²) in [6, 6.07) is 15.3. The van der Waals surface area contributed by atoms with Crippen molar-refractivity contribution in [2.45, 2.75) is 6.42 Å². The van der Waals surface area contributed by atoms with Gasteiger partial charge in [-0.2, -0.15) is 0 Å². The van der Waals surface area contributed by atoms with Crippen molar-refractivity contribution in [3.63, 3.8) is 0 Å². The smallest absolute Gasteiger partial charge is 0.231 e. The Bertz CT molecular complexity index is 857. The lowest BCUT2D eigenvalue weighted by Crippen LogP contribution is -2.22. The van der Waals surface area contributed by atoms with Crippen LogP contribution in [0.4, 0.5) is 5.13 Å². The number of carbonyl (C=O) groups is 1. The third kappa shape index (κ3) is 3.25. The molecule has 1 fully saturated rings. The minimum Gasteiger partial charge on any atom is -0.457 e. The number of aromatic nitrogens is 1. The normalized spacial score (nSPS) is 17.1. The Hall–Kier alpha value is -2.44. The van der Waals surface area contributed by atoms with E-state index in [1.54, 1.807) is 0 Å². The van der Waals surface area contributed by atoms with E-state index >= 15 is 0 Å². The molecule has 4 rings (SSSR count). The number of thiazole rings is 1. The molecule has 6 heteroatoms. The molecule has 3 aromatic rings. The van der Waals surface area contributed by atoms with E-state index in [4.69, 9.17) is 9.47 Å². The summed E-state index contributed by atoms with van der Waals surface area (Å²) in [6.07, 6.45) is 0.770. The Morgan fingerprint density at radius 3 is 2.88 bits per heavy atom. The maximum Gasteiger partial charge on any atom is 0.231 e. The van der Waals surface area contributed by atoms with Crippen LogP contribution < -0.4 is 10.1 Å². The number of rotatable bonds is 4. The van der Waals surface area contributed by atoms with Crippen LogP contribution in [0.2, 0.25) is 0 Å². The highest BCUT2D eigenvalue weighted by Crippen LogP contribution is 2.31. The van der Waals surface area contributed by atoms with Gasteiger partial charge in [-0.1, -0.05) is 29.5 Å². The fraction of sp³-hybridized carbons (Fsp3) is 0.222. The van der Waals surface area contributed by atoms with Crippen LogP contribution in [-0.2, 0) is 9.53 Å². The van der Waals surface area contributed by atoms with Crippen LogP contribution in [0.3, 0.4) is 0 Å². The van der Waals surface area contributed by atoms with Crippen LogP contribution in [0.1, 0.15) is 6.42 Å². The van der Waals surface area contributed by atoms with E-state index in [-0.39, 0.29) is 11.8 Å². The zero-order valence-corrected chi connectivity index (χ0v) is 13.7. The first-order valence-electron chi connectivity index (χ1n) is 7.80. The van der Waals surface area contributed by atoms with Crippen molar-refractivity contribution in [2.24, 2.45) is 5.92 Å². The molecular weight excluding hydrogens is 324 g/mol. The van der Waals surface area contributed by atoms with E-state index in [9.17, 15) is 4.79 Å². The van der Waals surface area contributed by atoms with Crippen LogP contribution in [0.5, 0.6) is 11.5 Å². The summed E-state index contributed by atoms with van der Waals surface area (Å²) in [5, 5.41) is 3.50. The molecule has 1 N–H and O–H groups in total. The lowest BCUT2D eigenvalue weighted by Gasteiger charge is -2.05. The Balaban J connectivity index is 1.51. The second-order valence-corrected chi connectivity index (χ2v) is 6.64. The van der Waals surface area contributed by atoms with Crippen LogP contribution in [0.25, 0.3) is 10.2 Å². The molecule has 0 saturated carbocycles. The molecule has 0 spiro atoms. The first-order valence-corrected chi connectivity index (χ1v) is 8.62. The summed E-state index contributed by atoms with van der Waals surface area (Å²) in [7, 11) is 0. The maximum atomic E-state index is 12.2. The van der Waals surface area contributed by atoms with Crippen molar-refractivity contribution >= 4 is 32.6 Å². The molecule has 0 aliphatic carbocycles. The highest BCUT2D eigenvalue weighted by Gasteiger charge is 2.24. The number of benzene rings is 2. The number of hydrogen-bond acceptors (Lipinski definition) is 5. The summed E-state index contributed by atoms with van der Waals surface area (Å²) in [5.41, 5.74) is 0.846. The Morgan fingerprint density at radius 1 is 1.21 bits per heavy atom. The van der Waals surface area contributed by atoms with Crippen LogP contribution in [-0.4, -0.2) is 24.1 Å². The molecule has 1 atom stereocenters. The summed E-state index contributed by atoms with van der Waals surface area (Å²) < 4.78 is 12.1. The fourth-order valence-corrected chi connectivity index (χ4v) is 3.49. The predicted molar refractivity (Wildman–Crippen MR) is 93.7 cm³/mol. The second kappa shape index (κ2) is 6.59. The minimum atomic E-state index is -0.0750. The molecule has 1 aromatic heterocycles. The molecule has 122 valence electrons. The third-order valence-corrected chi connectivity index (χ3v) is 4.80. The van der Waals surface area contributed by atoms with Gasteiger partial charge in [0.2, 0.25) is 5.91 Å². The standard InChI is InChI=1S/C18H16N2O3S/c21-17(12-8-9-22-11-12)20-18-19-15-7-6-14(10-16(15)24-18)23-13-4-2-1-3-5-13/h1-7,10,12H,8-9,11H2,(H,19,20,21)/t12-/m0/s1. The van der Waals surface area contributed by atoms with Crippen molar-refractivity contribution in [2.75, 3.05) is 18.5 Å². The zero-order valence-electron chi connectivity index (χ0n) is 12.9. The van der Waals surface area contributed by atoms with E-state index in [0.29, 0.717) is 18.3 Å². The van der Waals surface area contributed by atoms with Crippen LogP contribution in [0, 0.1) is 5.92 Å². The van der Waals surface area contributed by atoms with Gasteiger partial charge >= 0.3 is 0 Å². The van der Waals surface area contributed by atoms with E-state index in [1.165, 1.54) is 11.3 Å². The lowest BCUT2D eigenvalue weighted by molar-refractivity contribution is -0.119. The van der Waals surface area contributed by atoms with Crippen molar-refractivity contribution in [1.82, 2.24) is 4.98 Å². The predicted octanol–water partition coefficient (Wildman–Crippen LogP) is 4.06. The van der Waals surface area contributed by atoms with Crippen molar-refractivity contribution in [3.8, 4) is 11.5 Å². The average molecular weight is 340 g/mol. The largest absolute Gasteiger partial charge is 0.457 e. The van der Waals surface area contributed by atoms with E-state index in [2.05, 4.69) is 10.3 Å². The molecule has 5 nitrogen and oxygen atoms in total. The number of amides is 1. The molecule has 2 heterocycles. The maximum absolute atomic E-state index is 12.2. The SMILES string of the molecule is O=C(Nc1nc2ccc(Oc3ccccc3)cc2s1)[C@H]1CCOC1. The number of para-hydroxylation sites is 1. The topological polar surface area (TPSA) is 60.5 Å². The zero-order chi connectivity index (χ0) is 16.4. The number of carbonyl (C=O) groups excluding carboxylic acids is 1. The van der Waals surface area contributed by atoms with Crippen LogP contribution >= 0.6 is 11.3 Å². The number of fused-ring (bicyclic) bond motifs is 1. The number of nitrogens with zero attached hydrogens (tertiary/aromatic N) is 1. The van der Waals surface area contributed by atoms with Gasteiger partial charge in [0.05, 0.1) is 22.7 Å². The Morgan fingerprint density at radius 2 is 2.08 bits per heavy atom. The van der Waals surface area contributed by atoms with Gasteiger partial charge in [-0.3, -0.25) is 4.79 Å². The molecule has 1 aliphatic rings. The fourth-order valence-electron chi connectivity index (χ4n) is 2.60. The quantitative estimate of drug-likeness (QED) is 0.778. The van der Waals surface area contributed by atoms with Gasteiger partial charge in [-0.05, 0) is 30.7 Å². The highest BCUT2D eigenvalue weighted by molar-refractivity contribution is 7.22. The Labute approximate surface area is 143 Å². The summed E-state index contributed by atoms with van der Waals surface area (Å²) in [6.45, 7) is 1.14. The molecular formula is C18H16N2O3S. The van der Waals surface area contributed by atoms with Gasteiger partial charge in [-0.25, -0.2) is 4.98 Å². The minimum absolute atomic E-state index is 0.0210. The molecule has 0 bridgehead atoms. The summed E-state index contributed by atoms with van der Waals surface area (Å²) >= 11 is 1.45. The van der Waals surface area contributed by atoms with Gasteiger partial charge < -0.3 is 14.8 Å². The number of anilines is 1. The summed E-state index contributed by atoms with van der Waals surface area (Å²) in [5.74, 6) is 1.44. The number of ether oxygens (including phenoxy) is 2. The van der Waals surface area contributed by atoms with Gasteiger partial charge in [-0.15, -0.1) is 0 Å².